The van der Waals surface area contributed by atoms with E-state index < -0.39 is 5.82 Å². The topological polar surface area (TPSA) is 77.8 Å². The number of benzene rings is 1. The van der Waals surface area contributed by atoms with E-state index in [9.17, 15) is 4.39 Å². The number of rotatable bonds is 2. The summed E-state index contributed by atoms with van der Waals surface area (Å²) in [4.78, 5) is 8.23. The lowest BCUT2D eigenvalue weighted by Gasteiger charge is -1.97. The first-order valence-corrected chi connectivity index (χ1v) is 6.03. The minimum atomic E-state index is -0.543. The molecule has 0 fully saturated rings. The van der Waals surface area contributed by atoms with E-state index in [4.69, 9.17) is 21.9 Å². The molecule has 2 aromatic heterocycles. The third-order valence-electron chi connectivity index (χ3n) is 2.64. The lowest BCUT2D eigenvalue weighted by atomic mass is 10.2. The Labute approximate surface area is 118 Å². The Kier molecular flexibility index (Phi) is 3.08. The molecule has 0 amide bonds. The molecule has 20 heavy (non-hydrogen) atoms. The fourth-order valence-electron chi connectivity index (χ4n) is 1.65. The molecule has 0 bridgehead atoms. The van der Waals surface area contributed by atoms with Gasteiger partial charge in [0, 0.05) is 11.8 Å². The molecule has 0 saturated heterocycles. The quantitative estimate of drug-likeness (QED) is 0.733. The standard InChI is InChI=1S/C13H8ClFN4O/c14-8-2-1-5-17-11(8)12-18-13(20-19-12)7-3-4-10(16)9(15)6-7/h1-6H,16H2. The zero-order chi connectivity index (χ0) is 14.1. The minimum absolute atomic E-state index is 0.0567. The number of hydrogen-bond donors (Lipinski definition) is 1. The van der Waals surface area contributed by atoms with Gasteiger partial charge in [-0.3, -0.25) is 4.98 Å². The van der Waals surface area contributed by atoms with E-state index in [1.54, 1.807) is 24.4 Å². The minimum Gasteiger partial charge on any atom is -0.396 e. The van der Waals surface area contributed by atoms with Crippen molar-refractivity contribution in [1.82, 2.24) is 15.1 Å². The van der Waals surface area contributed by atoms with Crippen LogP contribution in [0.1, 0.15) is 0 Å². The summed E-state index contributed by atoms with van der Waals surface area (Å²) in [7, 11) is 0. The van der Waals surface area contributed by atoms with Gasteiger partial charge in [0.05, 0.1) is 10.7 Å². The summed E-state index contributed by atoms with van der Waals surface area (Å²) in [5.41, 5.74) is 6.31. The smallest absolute Gasteiger partial charge is 0.258 e. The molecule has 2 N–H and O–H groups in total. The van der Waals surface area contributed by atoms with Crippen molar-refractivity contribution in [2.45, 2.75) is 0 Å². The van der Waals surface area contributed by atoms with Gasteiger partial charge >= 0.3 is 0 Å². The summed E-state index contributed by atoms with van der Waals surface area (Å²) in [6.07, 6.45) is 1.57. The molecule has 0 saturated carbocycles. The Morgan fingerprint density at radius 1 is 1.25 bits per heavy atom. The highest BCUT2D eigenvalue weighted by Crippen LogP contribution is 2.26. The predicted molar refractivity (Wildman–Crippen MR) is 72.3 cm³/mol. The van der Waals surface area contributed by atoms with Gasteiger partial charge in [-0.05, 0) is 30.3 Å². The van der Waals surface area contributed by atoms with E-state index in [0.717, 1.165) is 0 Å². The number of hydrogen-bond acceptors (Lipinski definition) is 5. The van der Waals surface area contributed by atoms with E-state index in [0.29, 0.717) is 16.3 Å². The van der Waals surface area contributed by atoms with Crippen LogP contribution in [0.15, 0.2) is 41.1 Å². The highest BCUT2D eigenvalue weighted by molar-refractivity contribution is 6.32. The Morgan fingerprint density at radius 2 is 2.10 bits per heavy atom. The fraction of sp³-hybridized carbons (Fsp3) is 0. The second-order valence-corrected chi connectivity index (χ2v) is 4.40. The lowest BCUT2D eigenvalue weighted by molar-refractivity contribution is 0.432. The van der Waals surface area contributed by atoms with E-state index in [2.05, 4.69) is 15.1 Å². The summed E-state index contributed by atoms with van der Waals surface area (Å²) in [5.74, 6) is -0.137. The summed E-state index contributed by atoms with van der Waals surface area (Å²) < 4.78 is 18.5. The zero-order valence-electron chi connectivity index (χ0n) is 10.0. The van der Waals surface area contributed by atoms with E-state index in [1.807, 2.05) is 0 Å². The van der Waals surface area contributed by atoms with Crippen molar-refractivity contribution >= 4 is 17.3 Å². The number of nitrogens with zero attached hydrogens (tertiary/aromatic N) is 3. The highest BCUT2D eigenvalue weighted by Gasteiger charge is 2.14. The van der Waals surface area contributed by atoms with Crippen LogP contribution in [-0.4, -0.2) is 15.1 Å². The predicted octanol–water partition coefficient (Wildman–Crippen LogP) is 3.17. The van der Waals surface area contributed by atoms with E-state index >= 15 is 0 Å². The average molecular weight is 291 g/mol. The van der Waals surface area contributed by atoms with Crippen LogP contribution in [0.5, 0.6) is 0 Å². The summed E-state index contributed by atoms with van der Waals surface area (Å²) in [6, 6.07) is 7.62. The summed E-state index contributed by atoms with van der Waals surface area (Å²) >= 11 is 6.00. The molecule has 3 aromatic rings. The molecule has 0 atom stereocenters. The van der Waals surface area contributed by atoms with Gasteiger partial charge < -0.3 is 10.3 Å². The Bertz CT molecular complexity index is 775. The second kappa shape index (κ2) is 4.90. The number of pyridine rings is 1. The molecule has 3 rings (SSSR count). The van der Waals surface area contributed by atoms with Gasteiger partial charge in [0.2, 0.25) is 5.82 Å². The van der Waals surface area contributed by atoms with Crippen LogP contribution in [0.3, 0.4) is 0 Å². The number of aromatic nitrogens is 3. The van der Waals surface area contributed by atoms with Crippen LogP contribution in [0.2, 0.25) is 5.02 Å². The first kappa shape index (κ1) is 12.6. The van der Waals surface area contributed by atoms with Gasteiger partial charge in [-0.25, -0.2) is 4.39 Å². The Morgan fingerprint density at radius 3 is 2.85 bits per heavy atom. The molecule has 100 valence electrons. The normalized spacial score (nSPS) is 10.7. The first-order valence-electron chi connectivity index (χ1n) is 5.65. The largest absolute Gasteiger partial charge is 0.396 e. The van der Waals surface area contributed by atoms with Gasteiger partial charge in [0.1, 0.15) is 11.5 Å². The summed E-state index contributed by atoms with van der Waals surface area (Å²) in [5, 5.41) is 4.19. The third-order valence-corrected chi connectivity index (χ3v) is 2.95. The third kappa shape index (κ3) is 2.21. The average Bonchev–Trinajstić information content (AvgIpc) is 2.92. The number of nitrogen functional groups attached to an aromatic ring is 1. The van der Waals surface area contributed by atoms with Crippen LogP contribution in [0.4, 0.5) is 10.1 Å². The van der Waals surface area contributed by atoms with Crippen molar-refractivity contribution in [3.05, 3.63) is 47.4 Å². The van der Waals surface area contributed by atoms with Crippen LogP contribution in [0, 0.1) is 5.82 Å². The van der Waals surface area contributed by atoms with Crippen molar-refractivity contribution in [2.75, 3.05) is 5.73 Å². The maximum atomic E-state index is 13.4. The molecule has 1 aromatic carbocycles. The fourth-order valence-corrected chi connectivity index (χ4v) is 1.85. The number of nitrogens with two attached hydrogens (primary N) is 1. The van der Waals surface area contributed by atoms with Gasteiger partial charge in [0.15, 0.2) is 0 Å². The monoisotopic (exact) mass is 290 g/mol. The molecule has 0 aliphatic heterocycles. The second-order valence-electron chi connectivity index (χ2n) is 3.99. The maximum absolute atomic E-state index is 13.4. The molecule has 5 nitrogen and oxygen atoms in total. The Balaban J connectivity index is 2.02. The maximum Gasteiger partial charge on any atom is 0.258 e. The molecule has 7 heteroatoms. The van der Waals surface area contributed by atoms with Gasteiger partial charge in [-0.15, -0.1) is 0 Å². The molecule has 0 aliphatic rings. The SMILES string of the molecule is Nc1ccc(-c2nc(-c3ncccc3Cl)no2)cc1F. The van der Waals surface area contributed by atoms with Gasteiger partial charge in [-0.1, -0.05) is 16.8 Å². The van der Waals surface area contributed by atoms with E-state index in [1.165, 1.54) is 12.1 Å². The van der Waals surface area contributed by atoms with Crippen molar-refractivity contribution in [3.63, 3.8) is 0 Å². The molecular formula is C13H8ClFN4O. The van der Waals surface area contributed by atoms with Crippen molar-refractivity contribution < 1.29 is 8.91 Å². The van der Waals surface area contributed by atoms with Crippen LogP contribution in [0.25, 0.3) is 23.0 Å². The van der Waals surface area contributed by atoms with Gasteiger partial charge in [-0.2, -0.15) is 4.98 Å². The van der Waals surface area contributed by atoms with Crippen LogP contribution < -0.4 is 5.73 Å². The van der Waals surface area contributed by atoms with Gasteiger partial charge in [0.25, 0.3) is 5.89 Å². The van der Waals surface area contributed by atoms with Crippen LogP contribution >= 0.6 is 11.6 Å². The zero-order valence-corrected chi connectivity index (χ0v) is 10.8. The molecule has 0 aliphatic carbocycles. The summed E-state index contributed by atoms with van der Waals surface area (Å²) in [6.45, 7) is 0. The molecule has 0 radical (unpaired) electrons. The lowest BCUT2D eigenvalue weighted by Crippen LogP contribution is -1.90. The highest BCUT2D eigenvalue weighted by atomic mass is 35.5. The van der Waals surface area contributed by atoms with Crippen LogP contribution in [-0.2, 0) is 0 Å². The van der Waals surface area contributed by atoms with Crippen molar-refractivity contribution in [3.8, 4) is 23.0 Å². The van der Waals surface area contributed by atoms with E-state index in [-0.39, 0.29) is 17.4 Å². The van der Waals surface area contributed by atoms with Crippen molar-refractivity contribution in [1.29, 1.82) is 0 Å². The molecular weight excluding hydrogens is 283 g/mol. The number of anilines is 1. The number of halogens is 2. The van der Waals surface area contributed by atoms with Crippen molar-refractivity contribution in [2.24, 2.45) is 0 Å². The Hall–Kier alpha value is -2.47. The molecule has 2 heterocycles. The molecule has 0 spiro atoms. The molecule has 0 unspecified atom stereocenters. The first-order chi connectivity index (χ1) is 9.65.